The van der Waals surface area contributed by atoms with Crippen molar-refractivity contribution in [2.45, 2.75) is 20.0 Å². The van der Waals surface area contributed by atoms with Gasteiger partial charge in [-0.2, -0.15) is 0 Å². The summed E-state index contributed by atoms with van der Waals surface area (Å²) in [6.45, 7) is 3.11. The predicted molar refractivity (Wildman–Crippen MR) is 87.8 cm³/mol. The molecular weight excluding hydrogens is 316 g/mol. The monoisotopic (exact) mass is 332 g/mol. The average Bonchev–Trinajstić information content (AvgIpc) is 2.79. The van der Waals surface area contributed by atoms with Gasteiger partial charge in [0.25, 0.3) is 0 Å². The Hall–Kier alpha value is -2.20. The molecule has 0 N–H and O–H groups in total. The van der Waals surface area contributed by atoms with Crippen LogP contribution in [0.5, 0.6) is 17.2 Å². The van der Waals surface area contributed by atoms with E-state index in [1.807, 2.05) is 12.1 Å². The maximum absolute atomic E-state index is 11.3. The van der Waals surface area contributed by atoms with E-state index in [0.717, 1.165) is 12.0 Å². The molecule has 2 aromatic carbocycles. The molecule has 4 nitrogen and oxygen atoms in total. The molecule has 0 fully saturated rings. The van der Waals surface area contributed by atoms with Crippen LogP contribution < -0.4 is 14.2 Å². The molecule has 0 radical (unpaired) electrons. The zero-order chi connectivity index (χ0) is 16.2. The van der Waals surface area contributed by atoms with Crippen LogP contribution in [0.25, 0.3) is 0 Å². The van der Waals surface area contributed by atoms with Gasteiger partial charge in [-0.1, -0.05) is 11.6 Å². The molecule has 0 unspecified atom stereocenters. The number of hydrogen-bond donors (Lipinski definition) is 0. The first-order valence-electron chi connectivity index (χ1n) is 7.45. The van der Waals surface area contributed by atoms with E-state index < -0.39 is 0 Å². The lowest BCUT2D eigenvalue weighted by Crippen LogP contribution is -1.99. The first-order chi connectivity index (χ1) is 11.1. The minimum absolute atomic E-state index is 0.0335. The van der Waals surface area contributed by atoms with Crippen molar-refractivity contribution >= 4 is 17.4 Å². The fourth-order valence-corrected chi connectivity index (χ4v) is 2.61. The molecule has 0 aliphatic carbocycles. The number of carbonyl (C=O) groups excluding carboxylic acids is 1. The van der Waals surface area contributed by atoms with Crippen LogP contribution in [0.15, 0.2) is 36.4 Å². The van der Waals surface area contributed by atoms with Crippen LogP contribution in [0.3, 0.4) is 0 Å². The number of Topliss-reactive ketones (excluding diaryl/α,β-unsaturated/α-hetero) is 1. The van der Waals surface area contributed by atoms with Crippen LogP contribution >= 0.6 is 11.6 Å². The van der Waals surface area contributed by atoms with Gasteiger partial charge in [-0.15, -0.1) is 0 Å². The van der Waals surface area contributed by atoms with Gasteiger partial charge in [-0.25, -0.2) is 0 Å². The molecule has 3 rings (SSSR count). The van der Waals surface area contributed by atoms with Gasteiger partial charge in [0, 0.05) is 12.0 Å². The molecule has 0 amide bonds. The van der Waals surface area contributed by atoms with E-state index in [0.29, 0.717) is 47.7 Å². The maximum Gasteiger partial charge on any atom is 0.179 e. The van der Waals surface area contributed by atoms with Crippen molar-refractivity contribution in [3.05, 3.63) is 52.5 Å². The highest BCUT2D eigenvalue weighted by Gasteiger charge is 2.15. The highest BCUT2D eigenvalue weighted by molar-refractivity contribution is 6.32. The molecule has 1 aliphatic heterocycles. The standard InChI is InChI=1S/C18H17ClO4/c1-12(20)14-3-5-15(6-4-14)23-11-13-9-16(19)18-17(10-13)21-7-2-8-22-18/h3-6,9-10H,2,7-8,11H2,1H3. The number of hydrogen-bond acceptors (Lipinski definition) is 4. The number of carbonyl (C=O) groups is 1. The van der Waals surface area contributed by atoms with E-state index in [2.05, 4.69) is 0 Å². The molecule has 0 spiro atoms. The summed E-state index contributed by atoms with van der Waals surface area (Å²) >= 11 is 6.26. The van der Waals surface area contributed by atoms with E-state index in [9.17, 15) is 4.79 Å². The second-order valence-corrected chi connectivity index (χ2v) is 5.73. The highest BCUT2D eigenvalue weighted by Crippen LogP contribution is 2.38. The summed E-state index contributed by atoms with van der Waals surface area (Å²) in [7, 11) is 0. The summed E-state index contributed by atoms with van der Waals surface area (Å²) in [6, 6.07) is 10.8. The number of ketones is 1. The largest absolute Gasteiger partial charge is 0.489 e. The van der Waals surface area contributed by atoms with Gasteiger partial charge in [-0.3, -0.25) is 4.79 Å². The average molecular weight is 333 g/mol. The Morgan fingerprint density at radius 1 is 1.17 bits per heavy atom. The first-order valence-corrected chi connectivity index (χ1v) is 7.83. The molecule has 0 saturated heterocycles. The molecule has 2 aromatic rings. The molecule has 0 saturated carbocycles. The van der Waals surface area contributed by atoms with Crippen LogP contribution in [0, 0.1) is 0 Å². The second kappa shape index (κ2) is 6.92. The minimum Gasteiger partial charge on any atom is -0.489 e. The fraction of sp³-hybridized carbons (Fsp3) is 0.278. The van der Waals surface area contributed by atoms with Crippen molar-refractivity contribution in [1.82, 2.24) is 0 Å². The lowest BCUT2D eigenvalue weighted by Gasteiger charge is -2.12. The highest BCUT2D eigenvalue weighted by atomic mass is 35.5. The second-order valence-electron chi connectivity index (χ2n) is 5.32. The van der Waals surface area contributed by atoms with Crippen LogP contribution in [0.4, 0.5) is 0 Å². The van der Waals surface area contributed by atoms with E-state index in [1.165, 1.54) is 6.92 Å². The van der Waals surface area contributed by atoms with Gasteiger partial charge in [0.15, 0.2) is 17.3 Å². The zero-order valence-electron chi connectivity index (χ0n) is 12.8. The first kappa shape index (κ1) is 15.7. The Labute approximate surface area is 139 Å². The van der Waals surface area contributed by atoms with Gasteiger partial charge in [0.1, 0.15) is 12.4 Å². The van der Waals surface area contributed by atoms with Gasteiger partial charge >= 0.3 is 0 Å². The van der Waals surface area contributed by atoms with Gasteiger partial charge in [0.2, 0.25) is 0 Å². The van der Waals surface area contributed by atoms with Crippen molar-refractivity contribution in [3.8, 4) is 17.2 Å². The Balaban J connectivity index is 1.72. The number of halogens is 1. The summed E-state index contributed by atoms with van der Waals surface area (Å²) in [4.78, 5) is 11.3. The third kappa shape index (κ3) is 3.77. The van der Waals surface area contributed by atoms with Crippen molar-refractivity contribution in [3.63, 3.8) is 0 Å². The summed E-state index contributed by atoms with van der Waals surface area (Å²) in [5.41, 5.74) is 1.56. The maximum atomic E-state index is 11.3. The van der Waals surface area contributed by atoms with Crippen LogP contribution in [0.2, 0.25) is 5.02 Å². The van der Waals surface area contributed by atoms with Crippen molar-refractivity contribution < 1.29 is 19.0 Å². The predicted octanol–water partition coefficient (Wildman–Crippen LogP) is 4.28. The third-order valence-corrected chi connectivity index (χ3v) is 3.81. The topological polar surface area (TPSA) is 44.8 Å². The van der Waals surface area contributed by atoms with E-state index in [1.54, 1.807) is 24.3 Å². The zero-order valence-corrected chi connectivity index (χ0v) is 13.6. The van der Waals surface area contributed by atoms with Gasteiger partial charge < -0.3 is 14.2 Å². The third-order valence-electron chi connectivity index (χ3n) is 3.53. The molecule has 23 heavy (non-hydrogen) atoms. The molecule has 5 heteroatoms. The van der Waals surface area contributed by atoms with Crippen LogP contribution in [-0.4, -0.2) is 19.0 Å². The number of benzene rings is 2. The Bertz CT molecular complexity index is 710. The Morgan fingerprint density at radius 2 is 1.91 bits per heavy atom. The van der Waals surface area contributed by atoms with Crippen molar-refractivity contribution in [2.75, 3.05) is 13.2 Å². The molecule has 0 atom stereocenters. The number of ether oxygens (including phenoxy) is 3. The van der Waals surface area contributed by atoms with E-state index in [4.69, 9.17) is 25.8 Å². The Morgan fingerprint density at radius 3 is 2.65 bits per heavy atom. The fourth-order valence-electron chi connectivity index (χ4n) is 2.32. The van der Waals surface area contributed by atoms with Crippen molar-refractivity contribution in [1.29, 1.82) is 0 Å². The SMILES string of the molecule is CC(=O)c1ccc(OCc2cc(Cl)c3c(c2)OCCCO3)cc1. The Kier molecular flexibility index (Phi) is 4.72. The molecule has 120 valence electrons. The minimum atomic E-state index is 0.0335. The number of rotatable bonds is 4. The molecule has 1 heterocycles. The summed E-state index contributed by atoms with van der Waals surface area (Å²) in [5, 5.41) is 0.523. The lowest BCUT2D eigenvalue weighted by molar-refractivity contribution is 0.101. The van der Waals surface area contributed by atoms with E-state index in [-0.39, 0.29) is 5.78 Å². The summed E-state index contributed by atoms with van der Waals surface area (Å²) in [6.07, 6.45) is 0.833. The molecule has 0 aromatic heterocycles. The van der Waals surface area contributed by atoms with E-state index >= 15 is 0 Å². The molecule has 1 aliphatic rings. The van der Waals surface area contributed by atoms with Crippen molar-refractivity contribution in [2.24, 2.45) is 0 Å². The van der Waals surface area contributed by atoms with Gasteiger partial charge in [-0.05, 0) is 48.9 Å². The summed E-state index contributed by atoms with van der Waals surface area (Å²) < 4.78 is 17.0. The summed E-state index contributed by atoms with van der Waals surface area (Å²) in [5.74, 6) is 1.98. The quantitative estimate of drug-likeness (QED) is 0.784. The lowest BCUT2D eigenvalue weighted by atomic mass is 10.1. The van der Waals surface area contributed by atoms with Gasteiger partial charge in [0.05, 0.1) is 18.2 Å². The van der Waals surface area contributed by atoms with Crippen LogP contribution in [-0.2, 0) is 6.61 Å². The number of fused-ring (bicyclic) bond motifs is 1. The molecule has 0 bridgehead atoms. The molecular formula is C18H17ClO4. The smallest absolute Gasteiger partial charge is 0.179 e. The normalized spacial score (nSPS) is 13.3. The van der Waals surface area contributed by atoms with Crippen LogP contribution in [0.1, 0.15) is 29.3 Å².